The summed E-state index contributed by atoms with van der Waals surface area (Å²) < 4.78 is 52.7. The van der Waals surface area contributed by atoms with E-state index in [1.54, 1.807) is 0 Å². The number of nitrogens with zero attached hydrogens (tertiary/aromatic N) is 2. The van der Waals surface area contributed by atoms with Crippen LogP contribution < -0.4 is 5.56 Å². The van der Waals surface area contributed by atoms with E-state index in [-0.39, 0.29) is 45.1 Å². The van der Waals surface area contributed by atoms with Gasteiger partial charge in [0.15, 0.2) is 0 Å². The first-order valence-electron chi connectivity index (χ1n) is 11.0. The summed E-state index contributed by atoms with van der Waals surface area (Å²) in [7, 11) is 0. The van der Waals surface area contributed by atoms with Crippen LogP contribution in [-0.2, 0) is 6.54 Å². The van der Waals surface area contributed by atoms with Crippen molar-refractivity contribution in [3.8, 4) is 11.1 Å². The smallest absolute Gasteiger partial charge is 0.353 e. The van der Waals surface area contributed by atoms with Crippen molar-refractivity contribution in [2.24, 2.45) is 0 Å². The SMILES string of the molecule is [2H]c1oc2c(c(F)cc3c2c(-c2ccc[nH]c2=O)c(C(=O)O)n3Cc2cc3cn[nH]c3cc2F)c1[2H]. The number of carboxylic acids is 1. The molecule has 8 nitrogen and oxygen atoms in total. The van der Waals surface area contributed by atoms with Crippen LogP contribution in [0.4, 0.5) is 8.78 Å². The van der Waals surface area contributed by atoms with Crippen molar-refractivity contribution in [1.82, 2.24) is 19.7 Å². The first kappa shape index (κ1) is 17.8. The molecule has 0 saturated heterocycles. The van der Waals surface area contributed by atoms with E-state index in [0.717, 1.165) is 6.07 Å². The van der Waals surface area contributed by atoms with E-state index in [1.165, 1.54) is 41.2 Å². The van der Waals surface area contributed by atoms with Crippen molar-refractivity contribution in [3.63, 3.8) is 0 Å². The molecule has 0 aliphatic carbocycles. The number of carboxylic acid groups (broad SMARTS) is 1. The summed E-state index contributed by atoms with van der Waals surface area (Å²) in [5.41, 5.74) is -0.881. The van der Waals surface area contributed by atoms with E-state index in [2.05, 4.69) is 15.2 Å². The standard InChI is InChI=1S/C24H14F2N4O4/c25-15-7-17-11(9-28-29-17)6-12(15)10-30-18-8-16(26)13-3-5-34-22(13)20(18)19(21(30)24(32)33)14-2-1-4-27-23(14)31/h1-9H,10H2,(H,27,31)(H,28,29)(H,32,33)/i3D,5D. The number of hydrogen-bond donors (Lipinski definition) is 3. The Kier molecular flexibility index (Phi) is 3.73. The third-order valence-electron chi connectivity index (χ3n) is 5.81. The highest BCUT2D eigenvalue weighted by Crippen LogP contribution is 2.40. The second kappa shape index (κ2) is 7.14. The molecule has 3 N–H and O–H groups in total. The van der Waals surface area contributed by atoms with E-state index >= 15 is 4.39 Å². The lowest BCUT2D eigenvalue weighted by atomic mass is 10.0. The maximum Gasteiger partial charge on any atom is 0.353 e. The van der Waals surface area contributed by atoms with Gasteiger partial charge in [-0.1, -0.05) is 0 Å². The molecule has 0 fully saturated rings. The Morgan fingerprint density at radius 3 is 2.91 bits per heavy atom. The van der Waals surface area contributed by atoms with Crippen LogP contribution in [0.5, 0.6) is 0 Å². The summed E-state index contributed by atoms with van der Waals surface area (Å²) in [4.78, 5) is 27.8. The fraction of sp³-hybridized carbons (Fsp3) is 0.0417. The molecule has 4 aromatic heterocycles. The van der Waals surface area contributed by atoms with E-state index in [0.29, 0.717) is 10.9 Å². The molecule has 6 rings (SSSR count). The summed E-state index contributed by atoms with van der Waals surface area (Å²) in [6.45, 7) is -0.330. The van der Waals surface area contributed by atoms with Crippen LogP contribution in [0.25, 0.3) is 43.9 Å². The van der Waals surface area contributed by atoms with Crippen LogP contribution in [-0.4, -0.2) is 30.8 Å². The number of hydrogen-bond acceptors (Lipinski definition) is 4. The fourth-order valence-corrected chi connectivity index (χ4v) is 4.36. The van der Waals surface area contributed by atoms with Crippen LogP contribution in [0, 0.1) is 11.6 Å². The Balaban J connectivity index is 1.78. The minimum atomic E-state index is -1.45. The molecule has 6 aromatic rings. The lowest BCUT2D eigenvalue weighted by Gasteiger charge is -2.11. The van der Waals surface area contributed by atoms with Crippen molar-refractivity contribution in [1.29, 1.82) is 0 Å². The van der Waals surface area contributed by atoms with Gasteiger partial charge in [0.1, 0.15) is 24.3 Å². The van der Waals surface area contributed by atoms with E-state index in [1.807, 2.05) is 0 Å². The Hall–Kier alpha value is -4.73. The van der Waals surface area contributed by atoms with Crippen LogP contribution in [0.3, 0.4) is 0 Å². The summed E-state index contributed by atoms with van der Waals surface area (Å²) in [5.74, 6) is -3.02. The van der Waals surface area contributed by atoms with Crippen molar-refractivity contribution in [2.75, 3.05) is 0 Å². The number of aromatic amines is 2. The molecule has 0 radical (unpaired) electrons. The highest BCUT2D eigenvalue weighted by atomic mass is 19.1. The van der Waals surface area contributed by atoms with Crippen LogP contribution in [0.15, 0.2) is 64.2 Å². The predicted octanol–water partition coefficient (Wildman–Crippen LogP) is 4.64. The molecular weight excluding hydrogens is 446 g/mol. The predicted molar refractivity (Wildman–Crippen MR) is 120 cm³/mol. The van der Waals surface area contributed by atoms with Gasteiger partial charge in [-0.05, 0) is 36.4 Å². The summed E-state index contributed by atoms with van der Waals surface area (Å²) >= 11 is 0. The molecular formula is C24H14F2N4O4. The van der Waals surface area contributed by atoms with Gasteiger partial charge in [0.05, 0.1) is 47.7 Å². The second-order valence-corrected chi connectivity index (χ2v) is 7.71. The lowest BCUT2D eigenvalue weighted by molar-refractivity contribution is 0.0687. The van der Waals surface area contributed by atoms with Crippen molar-refractivity contribution < 1.29 is 25.8 Å². The molecule has 4 heterocycles. The zero-order valence-electron chi connectivity index (χ0n) is 19.1. The molecule has 0 bridgehead atoms. The zero-order chi connectivity index (χ0) is 25.3. The number of fused-ring (bicyclic) bond motifs is 4. The van der Waals surface area contributed by atoms with Gasteiger partial charge in [-0.2, -0.15) is 5.10 Å². The van der Waals surface area contributed by atoms with Crippen molar-refractivity contribution in [2.45, 2.75) is 6.54 Å². The van der Waals surface area contributed by atoms with Gasteiger partial charge in [-0.25, -0.2) is 13.6 Å². The number of H-pyrrole nitrogens is 2. The largest absolute Gasteiger partial charge is 0.477 e. The van der Waals surface area contributed by atoms with Crippen LogP contribution >= 0.6 is 0 Å². The first-order chi connectivity index (χ1) is 17.3. The Labute approximate surface area is 190 Å². The van der Waals surface area contributed by atoms with E-state index in [9.17, 15) is 19.1 Å². The summed E-state index contributed by atoms with van der Waals surface area (Å²) in [6.07, 6.45) is 2.23. The topological polar surface area (TPSA) is 117 Å². The number of furan rings is 1. The Morgan fingerprint density at radius 2 is 2.12 bits per heavy atom. The average molecular weight is 462 g/mol. The molecule has 0 amide bonds. The molecule has 0 spiro atoms. The van der Waals surface area contributed by atoms with Crippen LogP contribution in [0.1, 0.15) is 18.8 Å². The number of benzene rings is 2. The number of aromatic nitrogens is 4. The van der Waals surface area contributed by atoms with Gasteiger partial charge in [0.25, 0.3) is 5.56 Å². The molecule has 0 unspecified atom stereocenters. The average Bonchev–Trinajstić information content (AvgIpc) is 3.49. The normalized spacial score (nSPS) is 12.5. The Morgan fingerprint density at radius 1 is 1.26 bits per heavy atom. The zero-order valence-corrected chi connectivity index (χ0v) is 17.1. The maximum atomic E-state index is 15.2. The number of nitrogens with one attached hydrogen (secondary N) is 2. The number of carbonyl (C=O) groups is 1. The first-order valence-corrected chi connectivity index (χ1v) is 10.0. The number of halogens is 2. The molecule has 34 heavy (non-hydrogen) atoms. The van der Waals surface area contributed by atoms with Gasteiger partial charge in [-0.3, -0.25) is 9.89 Å². The number of rotatable bonds is 4. The van der Waals surface area contributed by atoms with E-state index < -0.39 is 41.1 Å². The quantitative estimate of drug-likeness (QED) is 0.353. The molecule has 10 heteroatoms. The second-order valence-electron chi connectivity index (χ2n) is 7.71. The van der Waals surface area contributed by atoms with Gasteiger partial charge in [-0.15, -0.1) is 0 Å². The number of pyridine rings is 1. The number of aromatic carboxylic acids is 1. The van der Waals surface area contributed by atoms with E-state index in [4.69, 9.17) is 7.16 Å². The lowest BCUT2D eigenvalue weighted by Crippen LogP contribution is -2.14. The fourth-order valence-electron chi connectivity index (χ4n) is 4.36. The van der Waals surface area contributed by atoms with Gasteiger partial charge in [0.2, 0.25) is 0 Å². The highest BCUT2D eigenvalue weighted by molar-refractivity contribution is 6.17. The molecule has 0 saturated carbocycles. The monoisotopic (exact) mass is 462 g/mol. The molecule has 2 aromatic carbocycles. The summed E-state index contributed by atoms with van der Waals surface area (Å²) in [5, 5.41) is 17.1. The summed E-state index contributed by atoms with van der Waals surface area (Å²) in [6, 6.07) is 6.09. The van der Waals surface area contributed by atoms with Gasteiger partial charge < -0.3 is 19.1 Å². The minimum absolute atomic E-state index is 0.00362. The third-order valence-corrected chi connectivity index (χ3v) is 5.81. The molecule has 0 atom stereocenters. The van der Waals surface area contributed by atoms with Crippen LogP contribution in [0.2, 0.25) is 0 Å². The molecule has 0 aliphatic rings. The maximum absolute atomic E-state index is 15.2. The minimum Gasteiger partial charge on any atom is -0.477 e. The molecule has 168 valence electrons. The highest BCUT2D eigenvalue weighted by Gasteiger charge is 2.29. The van der Waals surface area contributed by atoms with Gasteiger partial charge in [0, 0.05) is 22.7 Å². The van der Waals surface area contributed by atoms with Crippen molar-refractivity contribution in [3.05, 3.63) is 88.3 Å². The Bertz CT molecular complexity index is 1940. The van der Waals surface area contributed by atoms with Gasteiger partial charge >= 0.3 is 5.97 Å². The third kappa shape index (κ3) is 2.78. The molecule has 0 aliphatic heterocycles. The van der Waals surface area contributed by atoms with Crippen molar-refractivity contribution >= 4 is 38.7 Å².